The molecule has 0 bridgehead atoms. The van der Waals surface area contributed by atoms with E-state index < -0.39 is 0 Å². The molecule has 6 heteroatoms. The van der Waals surface area contributed by atoms with Crippen LogP contribution in [0.2, 0.25) is 0 Å². The number of rotatable bonds is 5. The van der Waals surface area contributed by atoms with Crippen molar-refractivity contribution in [1.29, 1.82) is 0 Å². The third-order valence-electron chi connectivity index (χ3n) is 4.61. The van der Waals surface area contributed by atoms with E-state index in [0.717, 1.165) is 30.6 Å². The van der Waals surface area contributed by atoms with Gasteiger partial charge in [-0.2, -0.15) is 0 Å². The van der Waals surface area contributed by atoms with Crippen LogP contribution in [0.1, 0.15) is 39.7 Å². The molecule has 0 saturated carbocycles. The van der Waals surface area contributed by atoms with Crippen molar-refractivity contribution < 1.29 is 14.3 Å². The van der Waals surface area contributed by atoms with Crippen LogP contribution in [0.15, 0.2) is 35.7 Å². The number of amides is 1. The zero-order chi connectivity index (χ0) is 17.8. The van der Waals surface area contributed by atoms with Crippen molar-refractivity contribution in [3.05, 3.63) is 51.7 Å². The van der Waals surface area contributed by atoms with Crippen molar-refractivity contribution >= 4 is 28.9 Å². The quantitative estimate of drug-likeness (QED) is 0.830. The number of anilines is 1. The standard InChI is InChI=1S/C19H22N2O3S/c1-13-14(19(23)24-2)6-3-7-15(13)20-12-18(22)21-10-4-8-16(21)17-9-5-11-25-17/h3,5-7,9,11,16,20H,4,8,10,12H2,1-2H3. The molecule has 1 saturated heterocycles. The highest BCUT2D eigenvalue weighted by Crippen LogP contribution is 2.34. The molecule has 1 N–H and O–H groups in total. The molecule has 2 heterocycles. The van der Waals surface area contributed by atoms with Gasteiger partial charge in [-0.3, -0.25) is 4.79 Å². The highest BCUT2D eigenvalue weighted by molar-refractivity contribution is 7.10. The minimum Gasteiger partial charge on any atom is -0.465 e. The lowest BCUT2D eigenvalue weighted by atomic mass is 10.1. The molecular weight excluding hydrogens is 336 g/mol. The molecule has 1 fully saturated rings. The van der Waals surface area contributed by atoms with Crippen molar-refractivity contribution in [2.45, 2.75) is 25.8 Å². The predicted molar refractivity (Wildman–Crippen MR) is 99.0 cm³/mol. The maximum atomic E-state index is 12.7. The van der Waals surface area contributed by atoms with Crippen LogP contribution in [-0.2, 0) is 9.53 Å². The number of benzene rings is 1. The summed E-state index contributed by atoms with van der Waals surface area (Å²) in [6.45, 7) is 2.86. The SMILES string of the molecule is COC(=O)c1cccc(NCC(=O)N2CCCC2c2cccs2)c1C. The van der Waals surface area contributed by atoms with E-state index in [4.69, 9.17) is 4.74 Å². The van der Waals surface area contributed by atoms with Crippen molar-refractivity contribution in [3.8, 4) is 0 Å². The van der Waals surface area contributed by atoms with Crippen LogP contribution >= 0.6 is 11.3 Å². The average Bonchev–Trinajstić information content (AvgIpc) is 3.30. The van der Waals surface area contributed by atoms with Gasteiger partial charge in [-0.15, -0.1) is 11.3 Å². The Hall–Kier alpha value is -2.34. The lowest BCUT2D eigenvalue weighted by molar-refractivity contribution is -0.130. The summed E-state index contributed by atoms with van der Waals surface area (Å²) in [6, 6.07) is 9.70. The molecule has 1 atom stereocenters. The second-order valence-electron chi connectivity index (χ2n) is 6.08. The molecule has 1 aromatic carbocycles. The Morgan fingerprint density at radius 1 is 1.32 bits per heavy atom. The first-order valence-corrected chi connectivity index (χ1v) is 9.24. The first-order chi connectivity index (χ1) is 12.1. The van der Waals surface area contributed by atoms with E-state index in [1.54, 1.807) is 23.5 Å². The number of hydrogen-bond donors (Lipinski definition) is 1. The number of methoxy groups -OCH3 is 1. The first-order valence-electron chi connectivity index (χ1n) is 8.36. The largest absolute Gasteiger partial charge is 0.465 e. The van der Waals surface area contributed by atoms with E-state index in [1.807, 2.05) is 24.0 Å². The van der Waals surface area contributed by atoms with Crippen LogP contribution in [0, 0.1) is 6.92 Å². The molecule has 1 amide bonds. The predicted octanol–water partition coefficient (Wildman–Crippen LogP) is 3.62. The van der Waals surface area contributed by atoms with Gasteiger partial charge in [-0.05, 0) is 48.9 Å². The summed E-state index contributed by atoms with van der Waals surface area (Å²) < 4.78 is 4.79. The van der Waals surface area contributed by atoms with Crippen molar-refractivity contribution in [3.63, 3.8) is 0 Å². The summed E-state index contributed by atoms with van der Waals surface area (Å²) in [5.74, 6) is -0.288. The maximum Gasteiger partial charge on any atom is 0.338 e. The van der Waals surface area contributed by atoms with Gasteiger partial charge in [0, 0.05) is 17.1 Å². The second kappa shape index (κ2) is 7.70. The fourth-order valence-electron chi connectivity index (χ4n) is 3.27. The Morgan fingerprint density at radius 2 is 2.16 bits per heavy atom. The number of carbonyl (C=O) groups excluding carboxylic acids is 2. The maximum absolute atomic E-state index is 12.7. The minimum atomic E-state index is -0.371. The highest BCUT2D eigenvalue weighted by Gasteiger charge is 2.30. The molecule has 0 radical (unpaired) electrons. The highest BCUT2D eigenvalue weighted by atomic mass is 32.1. The number of thiophene rings is 1. The van der Waals surface area contributed by atoms with Crippen molar-refractivity contribution in [2.24, 2.45) is 0 Å². The second-order valence-corrected chi connectivity index (χ2v) is 7.06. The average molecular weight is 358 g/mol. The third-order valence-corrected chi connectivity index (χ3v) is 5.59. The van der Waals surface area contributed by atoms with Gasteiger partial charge in [-0.1, -0.05) is 12.1 Å². The summed E-state index contributed by atoms with van der Waals surface area (Å²) >= 11 is 1.70. The number of ether oxygens (including phenoxy) is 1. The monoisotopic (exact) mass is 358 g/mol. The molecule has 1 unspecified atom stereocenters. The van der Waals surface area contributed by atoms with Crippen LogP contribution in [-0.4, -0.2) is 37.0 Å². The molecule has 25 heavy (non-hydrogen) atoms. The number of esters is 1. The third kappa shape index (κ3) is 3.69. The number of carbonyl (C=O) groups is 2. The fourth-order valence-corrected chi connectivity index (χ4v) is 4.15. The Kier molecular flexibility index (Phi) is 5.38. The molecule has 1 aliphatic rings. The Bertz CT molecular complexity index is 758. The number of nitrogens with one attached hydrogen (secondary N) is 1. The zero-order valence-corrected chi connectivity index (χ0v) is 15.3. The lowest BCUT2D eigenvalue weighted by Crippen LogP contribution is -2.35. The minimum absolute atomic E-state index is 0.0822. The van der Waals surface area contributed by atoms with E-state index in [-0.39, 0.29) is 24.5 Å². The van der Waals surface area contributed by atoms with Gasteiger partial charge in [0.05, 0.1) is 25.3 Å². The number of hydrogen-bond acceptors (Lipinski definition) is 5. The van der Waals surface area contributed by atoms with E-state index >= 15 is 0 Å². The smallest absolute Gasteiger partial charge is 0.338 e. The number of nitrogens with zero attached hydrogens (tertiary/aromatic N) is 1. The van der Waals surface area contributed by atoms with Gasteiger partial charge in [-0.25, -0.2) is 4.79 Å². The Balaban J connectivity index is 1.67. The fraction of sp³-hybridized carbons (Fsp3) is 0.368. The molecule has 5 nitrogen and oxygen atoms in total. The molecule has 1 aromatic heterocycles. The zero-order valence-electron chi connectivity index (χ0n) is 14.5. The topological polar surface area (TPSA) is 58.6 Å². The first kappa shape index (κ1) is 17.5. The molecular formula is C19H22N2O3S. The summed E-state index contributed by atoms with van der Waals surface area (Å²) in [5, 5.41) is 5.23. The van der Waals surface area contributed by atoms with E-state index in [0.29, 0.717) is 5.56 Å². The molecule has 3 rings (SSSR count). The normalized spacial score (nSPS) is 16.7. The van der Waals surface area contributed by atoms with Gasteiger partial charge in [0.15, 0.2) is 0 Å². The molecule has 0 aliphatic carbocycles. The van der Waals surface area contributed by atoms with Gasteiger partial charge < -0.3 is 15.0 Å². The van der Waals surface area contributed by atoms with E-state index in [1.165, 1.54) is 12.0 Å². The van der Waals surface area contributed by atoms with Crippen LogP contribution in [0.5, 0.6) is 0 Å². The van der Waals surface area contributed by atoms with Crippen LogP contribution in [0.25, 0.3) is 0 Å². The number of likely N-dealkylation sites (tertiary alicyclic amines) is 1. The van der Waals surface area contributed by atoms with Gasteiger partial charge in [0.1, 0.15) is 0 Å². The van der Waals surface area contributed by atoms with E-state index in [2.05, 4.69) is 16.8 Å². The Morgan fingerprint density at radius 3 is 2.88 bits per heavy atom. The lowest BCUT2D eigenvalue weighted by Gasteiger charge is -2.24. The van der Waals surface area contributed by atoms with Crippen molar-refractivity contribution in [1.82, 2.24) is 4.90 Å². The molecule has 0 spiro atoms. The molecule has 132 valence electrons. The molecule has 2 aromatic rings. The van der Waals surface area contributed by atoms with Crippen LogP contribution in [0.3, 0.4) is 0 Å². The summed E-state index contributed by atoms with van der Waals surface area (Å²) in [5.41, 5.74) is 2.08. The summed E-state index contributed by atoms with van der Waals surface area (Å²) in [6.07, 6.45) is 2.05. The van der Waals surface area contributed by atoms with Gasteiger partial charge in [0.25, 0.3) is 0 Å². The van der Waals surface area contributed by atoms with Crippen LogP contribution < -0.4 is 5.32 Å². The van der Waals surface area contributed by atoms with Gasteiger partial charge in [0.2, 0.25) is 5.91 Å². The van der Waals surface area contributed by atoms with Crippen molar-refractivity contribution in [2.75, 3.05) is 25.5 Å². The summed E-state index contributed by atoms with van der Waals surface area (Å²) in [4.78, 5) is 27.7. The van der Waals surface area contributed by atoms with E-state index in [9.17, 15) is 9.59 Å². The van der Waals surface area contributed by atoms with Crippen LogP contribution in [0.4, 0.5) is 5.69 Å². The molecule has 1 aliphatic heterocycles. The summed E-state index contributed by atoms with van der Waals surface area (Å²) in [7, 11) is 1.36. The Labute approximate surface area is 151 Å². The van der Waals surface area contributed by atoms with Gasteiger partial charge >= 0.3 is 5.97 Å².